The number of aromatic nitrogens is 2. The summed E-state index contributed by atoms with van der Waals surface area (Å²) in [7, 11) is 1.67. The highest BCUT2D eigenvalue weighted by Crippen LogP contribution is 2.32. The maximum absolute atomic E-state index is 13.1. The van der Waals surface area contributed by atoms with Crippen molar-refractivity contribution in [2.75, 3.05) is 19.5 Å². The number of hydrogen-bond acceptors (Lipinski definition) is 5. The highest BCUT2D eigenvalue weighted by atomic mass is 32.2. The summed E-state index contributed by atoms with van der Waals surface area (Å²) in [6.45, 7) is 6.89. The number of ether oxygens (including phenoxy) is 1. The van der Waals surface area contributed by atoms with Crippen LogP contribution in [0.5, 0.6) is 0 Å². The first-order valence-electron chi connectivity index (χ1n) is 7.97. The number of thioether (sulfide) groups is 1. The van der Waals surface area contributed by atoms with Gasteiger partial charge in [-0.1, -0.05) is 47.7 Å². The molecular weight excluding hydrogens is 352 g/mol. The lowest BCUT2D eigenvalue weighted by molar-refractivity contribution is 0.218. The Kier molecular flexibility index (Phi) is 5.73. The van der Waals surface area contributed by atoms with Crippen molar-refractivity contribution < 1.29 is 4.74 Å². The molecule has 130 valence electrons. The van der Waals surface area contributed by atoms with Crippen molar-refractivity contribution in [1.82, 2.24) is 9.55 Å². The second-order valence-electron chi connectivity index (χ2n) is 5.64. The number of benzene rings is 1. The molecule has 3 aromatic rings. The van der Waals surface area contributed by atoms with Crippen LogP contribution in [-0.4, -0.2) is 29.0 Å². The minimum atomic E-state index is -0.0124. The van der Waals surface area contributed by atoms with Crippen molar-refractivity contribution in [1.29, 1.82) is 0 Å². The van der Waals surface area contributed by atoms with E-state index in [0.717, 1.165) is 21.7 Å². The van der Waals surface area contributed by atoms with Gasteiger partial charge in [-0.3, -0.25) is 9.36 Å². The van der Waals surface area contributed by atoms with Crippen molar-refractivity contribution in [3.63, 3.8) is 0 Å². The molecule has 0 amide bonds. The summed E-state index contributed by atoms with van der Waals surface area (Å²) in [5, 5.41) is 3.42. The zero-order valence-corrected chi connectivity index (χ0v) is 16.0. The molecule has 0 aliphatic rings. The van der Waals surface area contributed by atoms with Gasteiger partial charge in [0.15, 0.2) is 5.16 Å². The first kappa shape index (κ1) is 17.9. The third kappa shape index (κ3) is 3.71. The molecule has 0 bridgehead atoms. The van der Waals surface area contributed by atoms with Crippen molar-refractivity contribution in [3.05, 3.63) is 58.2 Å². The number of aryl methyl sites for hydroxylation is 1. The smallest absolute Gasteiger partial charge is 0.263 e. The fourth-order valence-corrected chi connectivity index (χ4v) is 4.47. The van der Waals surface area contributed by atoms with Gasteiger partial charge in [-0.2, -0.15) is 0 Å². The Labute approximate surface area is 155 Å². The van der Waals surface area contributed by atoms with E-state index in [9.17, 15) is 4.79 Å². The molecule has 0 fully saturated rings. The van der Waals surface area contributed by atoms with Crippen LogP contribution in [0.1, 0.15) is 5.56 Å². The molecule has 0 atom stereocenters. The standard InChI is InChI=1S/C19H20N2O2S2/c1-4-9-21-18(22)16-15(14-7-5-13(2)6-8-14)12-25-17(16)20-19(21)24-11-10-23-3/h4-8,12H,1,9-11H2,2-3H3. The Balaban J connectivity index is 2.14. The monoisotopic (exact) mass is 372 g/mol. The van der Waals surface area contributed by atoms with E-state index in [2.05, 4.69) is 37.8 Å². The fourth-order valence-electron chi connectivity index (χ4n) is 2.57. The van der Waals surface area contributed by atoms with E-state index in [0.29, 0.717) is 23.7 Å². The van der Waals surface area contributed by atoms with Gasteiger partial charge in [-0.15, -0.1) is 17.9 Å². The lowest BCUT2D eigenvalue weighted by Crippen LogP contribution is -2.22. The lowest BCUT2D eigenvalue weighted by Gasteiger charge is -2.10. The molecule has 0 saturated carbocycles. The van der Waals surface area contributed by atoms with Gasteiger partial charge in [-0.05, 0) is 12.5 Å². The van der Waals surface area contributed by atoms with Gasteiger partial charge in [0.25, 0.3) is 5.56 Å². The second kappa shape index (κ2) is 7.99. The normalized spacial score (nSPS) is 11.1. The van der Waals surface area contributed by atoms with Crippen LogP contribution < -0.4 is 5.56 Å². The number of methoxy groups -OCH3 is 1. The number of fused-ring (bicyclic) bond motifs is 1. The Morgan fingerprint density at radius 3 is 2.80 bits per heavy atom. The van der Waals surface area contributed by atoms with Crippen LogP contribution in [0.15, 0.2) is 52.3 Å². The molecular formula is C19H20N2O2S2. The summed E-state index contributed by atoms with van der Waals surface area (Å²) in [4.78, 5) is 18.6. The highest BCUT2D eigenvalue weighted by molar-refractivity contribution is 7.99. The molecule has 0 radical (unpaired) electrons. The molecule has 0 unspecified atom stereocenters. The number of rotatable bonds is 7. The van der Waals surface area contributed by atoms with Crippen LogP contribution in [0.2, 0.25) is 0 Å². The van der Waals surface area contributed by atoms with Crippen LogP contribution in [0, 0.1) is 6.92 Å². The summed E-state index contributed by atoms with van der Waals surface area (Å²) in [5.74, 6) is 0.752. The molecule has 2 heterocycles. The Hall–Kier alpha value is -1.89. The third-order valence-electron chi connectivity index (χ3n) is 3.85. The lowest BCUT2D eigenvalue weighted by atomic mass is 10.1. The molecule has 0 N–H and O–H groups in total. The van der Waals surface area contributed by atoms with Crippen molar-refractivity contribution in [2.24, 2.45) is 0 Å². The van der Waals surface area contributed by atoms with Crippen LogP contribution in [-0.2, 0) is 11.3 Å². The third-order valence-corrected chi connectivity index (χ3v) is 5.66. The van der Waals surface area contributed by atoms with Gasteiger partial charge < -0.3 is 4.74 Å². The van der Waals surface area contributed by atoms with Gasteiger partial charge in [0.05, 0.1) is 12.0 Å². The van der Waals surface area contributed by atoms with Gasteiger partial charge >= 0.3 is 0 Å². The molecule has 3 rings (SSSR count). The van der Waals surface area contributed by atoms with Crippen molar-refractivity contribution in [2.45, 2.75) is 18.6 Å². The zero-order chi connectivity index (χ0) is 17.8. The molecule has 2 aromatic heterocycles. The summed E-state index contributed by atoms with van der Waals surface area (Å²) in [5.41, 5.74) is 3.17. The summed E-state index contributed by atoms with van der Waals surface area (Å²) >= 11 is 3.05. The highest BCUT2D eigenvalue weighted by Gasteiger charge is 2.16. The van der Waals surface area contributed by atoms with E-state index >= 15 is 0 Å². The van der Waals surface area contributed by atoms with Crippen LogP contribution >= 0.6 is 23.1 Å². The first-order valence-corrected chi connectivity index (χ1v) is 9.84. The number of hydrogen-bond donors (Lipinski definition) is 0. The molecule has 0 aliphatic heterocycles. The predicted octanol–water partition coefficient (Wildman–Crippen LogP) is 4.36. The molecule has 1 aromatic carbocycles. The van der Waals surface area contributed by atoms with Crippen LogP contribution in [0.25, 0.3) is 21.3 Å². The SMILES string of the molecule is C=CCn1c(SCCOC)nc2scc(-c3ccc(C)cc3)c2c1=O. The van der Waals surface area contributed by atoms with Crippen LogP contribution in [0.4, 0.5) is 0 Å². The van der Waals surface area contributed by atoms with Gasteiger partial charge in [0.1, 0.15) is 4.83 Å². The second-order valence-corrected chi connectivity index (χ2v) is 7.56. The molecule has 0 aliphatic carbocycles. The van der Waals surface area contributed by atoms with Gasteiger partial charge in [0.2, 0.25) is 0 Å². The summed E-state index contributed by atoms with van der Waals surface area (Å²) in [6, 6.07) is 8.22. The van der Waals surface area contributed by atoms with E-state index < -0.39 is 0 Å². The molecule has 0 spiro atoms. The fraction of sp³-hybridized carbons (Fsp3) is 0.263. The van der Waals surface area contributed by atoms with E-state index in [1.807, 2.05) is 5.38 Å². The van der Waals surface area contributed by atoms with E-state index in [1.165, 1.54) is 28.7 Å². The van der Waals surface area contributed by atoms with Gasteiger partial charge in [0, 0.05) is 30.4 Å². The van der Waals surface area contributed by atoms with Crippen molar-refractivity contribution in [3.8, 4) is 11.1 Å². The number of thiophene rings is 1. The summed E-state index contributed by atoms with van der Waals surface area (Å²) < 4.78 is 6.79. The van der Waals surface area contributed by atoms with Gasteiger partial charge in [-0.25, -0.2) is 4.98 Å². The molecule has 4 nitrogen and oxygen atoms in total. The largest absolute Gasteiger partial charge is 0.384 e. The van der Waals surface area contributed by atoms with Crippen LogP contribution in [0.3, 0.4) is 0 Å². The Bertz CT molecular complexity index is 942. The quantitative estimate of drug-likeness (QED) is 0.268. The zero-order valence-electron chi connectivity index (χ0n) is 14.3. The molecule has 6 heteroatoms. The minimum Gasteiger partial charge on any atom is -0.384 e. The number of allylic oxidation sites excluding steroid dienone is 1. The Morgan fingerprint density at radius 1 is 1.36 bits per heavy atom. The Morgan fingerprint density at radius 2 is 2.12 bits per heavy atom. The topological polar surface area (TPSA) is 44.1 Å². The predicted molar refractivity (Wildman–Crippen MR) is 107 cm³/mol. The molecule has 25 heavy (non-hydrogen) atoms. The maximum atomic E-state index is 13.1. The average molecular weight is 373 g/mol. The van der Waals surface area contributed by atoms with E-state index in [1.54, 1.807) is 17.8 Å². The minimum absolute atomic E-state index is 0.0124. The van der Waals surface area contributed by atoms with E-state index in [4.69, 9.17) is 9.72 Å². The summed E-state index contributed by atoms with van der Waals surface area (Å²) in [6.07, 6.45) is 1.73. The van der Waals surface area contributed by atoms with Crippen molar-refractivity contribution >= 4 is 33.3 Å². The number of nitrogens with zero attached hydrogens (tertiary/aromatic N) is 2. The van der Waals surface area contributed by atoms with E-state index in [-0.39, 0.29) is 5.56 Å². The maximum Gasteiger partial charge on any atom is 0.263 e. The average Bonchev–Trinajstić information content (AvgIpc) is 3.03. The molecule has 0 saturated heterocycles. The first-order chi connectivity index (χ1) is 12.2.